The summed E-state index contributed by atoms with van der Waals surface area (Å²) < 4.78 is 16.3. The number of carbonyl (C=O) groups excluding carboxylic acids is 3. The molecule has 2 aromatic carbocycles. The van der Waals surface area contributed by atoms with E-state index in [0.29, 0.717) is 29.8 Å². The third kappa shape index (κ3) is 5.38. The Morgan fingerprint density at radius 3 is 2.53 bits per heavy atom. The van der Waals surface area contributed by atoms with Crippen molar-refractivity contribution in [2.24, 2.45) is 5.73 Å². The van der Waals surface area contributed by atoms with Gasteiger partial charge in [-0.2, -0.15) is 0 Å². The Morgan fingerprint density at radius 1 is 1.12 bits per heavy atom. The van der Waals surface area contributed by atoms with Gasteiger partial charge in [0.05, 0.1) is 7.11 Å². The lowest BCUT2D eigenvalue weighted by molar-refractivity contribution is -0.147. The summed E-state index contributed by atoms with van der Waals surface area (Å²) in [7, 11) is 1.29. The van der Waals surface area contributed by atoms with Gasteiger partial charge < -0.3 is 19.9 Å². The highest BCUT2D eigenvalue weighted by Crippen LogP contribution is 2.34. The molecule has 0 radical (unpaired) electrons. The fraction of sp³-hybridized carbons (Fsp3) is 0.375. The predicted octanol–water partition coefficient (Wildman–Crippen LogP) is 3.37. The van der Waals surface area contributed by atoms with E-state index >= 15 is 0 Å². The average molecular weight is 440 g/mol. The third-order valence-corrected chi connectivity index (χ3v) is 5.01. The molecule has 1 heterocycles. The zero-order chi connectivity index (χ0) is 23.5. The van der Waals surface area contributed by atoms with Crippen molar-refractivity contribution in [1.82, 2.24) is 4.90 Å². The second-order valence-electron chi connectivity index (χ2n) is 8.56. The Labute approximate surface area is 187 Å². The molecule has 1 aliphatic rings. The maximum atomic E-state index is 12.7. The van der Waals surface area contributed by atoms with Gasteiger partial charge >= 0.3 is 12.1 Å². The number of primary amides is 1. The van der Waals surface area contributed by atoms with Gasteiger partial charge in [0.1, 0.15) is 18.0 Å². The molecule has 0 saturated heterocycles. The van der Waals surface area contributed by atoms with Crippen molar-refractivity contribution in [3.05, 3.63) is 64.7 Å². The molecule has 8 heteroatoms. The van der Waals surface area contributed by atoms with Gasteiger partial charge in [0, 0.05) is 12.1 Å². The number of methoxy groups -OCH3 is 1. The standard InChI is InChI=1S/C24H28N2O6/c1-24(2,3)32-23(29)26-11-10-16-13-18(8-9-19(16)20(26)22(28)30-4)31-14-15-6-5-7-17(12-15)21(25)27/h5-9,12-13,20H,10-11,14H2,1-4H3,(H2,25,27). The van der Waals surface area contributed by atoms with Crippen LogP contribution < -0.4 is 10.5 Å². The lowest BCUT2D eigenvalue weighted by Gasteiger charge is -2.36. The van der Waals surface area contributed by atoms with Crippen molar-refractivity contribution in [1.29, 1.82) is 0 Å². The van der Waals surface area contributed by atoms with Gasteiger partial charge in [-0.05, 0) is 68.1 Å². The van der Waals surface area contributed by atoms with E-state index in [-0.39, 0.29) is 6.61 Å². The van der Waals surface area contributed by atoms with Crippen LogP contribution >= 0.6 is 0 Å². The van der Waals surface area contributed by atoms with Crippen LogP contribution in [0.1, 0.15) is 53.9 Å². The Hall–Kier alpha value is -3.55. The van der Waals surface area contributed by atoms with Crippen molar-refractivity contribution in [2.75, 3.05) is 13.7 Å². The number of ether oxygens (including phenoxy) is 3. The van der Waals surface area contributed by atoms with E-state index in [1.807, 2.05) is 12.1 Å². The molecule has 0 aliphatic carbocycles. The molecule has 2 amide bonds. The highest BCUT2D eigenvalue weighted by molar-refractivity contribution is 5.92. The van der Waals surface area contributed by atoms with E-state index in [1.54, 1.807) is 51.1 Å². The van der Waals surface area contributed by atoms with Gasteiger partial charge in [-0.15, -0.1) is 0 Å². The smallest absolute Gasteiger partial charge is 0.411 e. The summed E-state index contributed by atoms with van der Waals surface area (Å²) in [6.07, 6.45) is -0.0237. The second-order valence-corrected chi connectivity index (χ2v) is 8.56. The summed E-state index contributed by atoms with van der Waals surface area (Å²) in [5.41, 5.74) is 7.44. The van der Waals surface area contributed by atoms with Gasteiger partial charge in [-0.25, -0.2) is 9.59 Å². The van der Waals surface area contributed by atoms with Crippen LogP contribution in [-0.2, 0) is 27.3 Å². The number of esters is 1. The van der Waals surface area contributed by atoms with Crippen LogP contribution in [0.5, 0.6) is 5.75 Å². The first kappa shape index (κ1) is 23.1. The average Bonchev–Trinajstić information content (AvgIpc) is 2.75. The number of nitrogens with two attached hydrogens (primary N) is 1. The fourth-order valence-corrected chi connectivity index (χ4v) is 3.56. The van der Waals surface area contributed by atoms with Crippen molar-refractivity contribution < 1.29 is 28.6 Å². The summed E-state index contributed by atoms with van der Waals surface area (Å²) in [5.74, 6) is -0.416. The zero-order valence-electron chi connectivity index (χ0n) is 18.7. The number of benzene rings is 2. The molecular formula is C24H28N2O6. The van der Waals surface area contributed by atoms with Gasteiger partial charge in [0.25, 0.3) is 0 Å². The molecule has 32 heavy (non-hydrogen) atoms. The predicted molar refractivity (Wildman–Crippen MR) is 117 cm³/mol. The van der Waals surface area contributed by atoms with Crippen LogP contribution in [0.15, 0.2) is 42.5 Å². The first-order valence-electron chi connectivity index (χ1n) is 10.3. The molecule has 0 spiro atoms. The zero-order valence-corrected chi connectivity index (χ0v) is 18.7. The SMILES string of the molecule is COC(=O)C1c2ccc(OCc3cccc(C(N)=O)c3)cc2CCN1C(=O)OC(C)(C)C. The van der Waals surface area contributed by atoms with Crippen molar-refractivity contribution in [2.45, 2.75) is 45.4 Å². The monoisotopic (exact) mass is 440 g/mol. The van der Waals surface area contributed by atoms with E-state index in [9.17, 15) is 14.4 Å². The summed E-state index contributed by atoms with van der Waals surface area (Å²) in [5, 5.41) is 0. The lowest BCUT2D eigenvalue weighted by Crippen LogP contribution is -2.46. The number of rotatable bonds is 5. The van der Waals surface area contributed by atoms with Gasteiger partial charge in [0.15, 0.2) is 6.04 Å². The van der Waals surface area contributed by atoms with Crippen LogP contribution in [0.25, 0.3) is 0 Å². The van der Waals surface area contributed by atoms with E-state index in [2.05, 4.69) is 0 Å². The largest absolute Gasteiger partial charge is 0.489 e. The Balaban J connectivity index is 1.80. The van der Waals surface area contributed by atoms with Gasteiger partial charge in [-0.1, -0.05) is 18.2 Å². The van der Waals surface area contributed by atoms with Crippen LogP contribution in [0.4, 0.5) is 4.79 Å². The third-order valence-electron chi connectivity index (χ3n) is 5.01. The molecule has 1 atom stereocenters. The normalized spacial score (nSPS) is 15.5. The van der Waals surface area contributed by atoms with E-state index < -0.39 is 29.6 Å². The van der Waals surface area contributed by atoms with Crippen LogP contribution in [0.3, 0.4) is 0 Å². The van der Waals surface area contributed by atoms with Crippen LogP contribution in [-0.4, -0.2) is 42.1 Å². The number of amides is 2. The lowest BCUT2D eigenvalue weighted by atomic mass is 9.92. The van der Waals surface area contributed by atoms with Gasteiger partial charge in [0.2, 0.25) is 5.91 Å². The number of nitrogens with zero attached hydrogens (tertiary/aromatic N) is 1. The van der Waals surface area contributed by atoms with Gasteiger partial charge in [-0.3, -0.25) is 9.69 Å². The number of carbonyl (C=O) groups is 3. The van der Waals surface area contributed by atoms with Crippen LogP contribution in [0.2, 0.25) is 0 Å². The highest BCUT2D eigenvalue weighted by atomic mass is 16.6. The molecule has 1 aliphatic heterocycles. The molecule has 0 bridgehead atoms. The molecule has 8 nitrogen and oxygen atoms in total. The minimum absolute atomic E-state index is 0.254. The number of fused-ring (bicyclic) bond motifs is 1. The van der Waals surface area contributed by atoms with Crippen molar-refractivity contribution in [3.63, 3.8) is 0 Å². The summed E-state index contributed by atoms with van der Waals surface area (Å²) in [6, 6.07) is 11.4. The first-order valence-corrected chi connectivity index (χ1v) is 10.3. The molecule has 0 fully saturated rings. The molecule has 2 N–H and O–H groups in total. The molecule has 2 aromatic rings. The van der Waals surface area contributed by atoms with Crippen molar-refractivity contribution >= 4 is 18.0 Å². The second kappa shape index (κ2) is 9.30. The first-order chi connectivity index (χ1) is 15.1. The maximum absolute atomic E-state index is 12.7. The van der Waals surface area contributed by atoms with E-state index in [4.69, 9.17) is 19.9 Å². The minimum atomic E-state index is -0.889. The Morgan fingerprint density at radius 2 is 1.88 bits per heavy atom. The van der Waals surface area contributed by atoms with Crippen LogP contribution in [0, 0.1) is 0 Å². The fourth-order valence-electron chi connectivity index (χ4n) is 3.56. The highest BCUT2D eigenvalue weighted by Gasteiger charge is 2.39. The topological polar surface area (TPSA) is 108 Å². The summed E-state index contributed by atoms with van der Waals surface area (Å²) in [6.45, 7) is 5.90. The molecule has 0 aromatic heterocycles. The quantitative estimate of drug-likeness (QED) is 0.714. The van der Waals surface area contributed by atoms with E-state index in [0.717, 1.165) is 11.1 Å². The molecular weight excluding hydrogens is 412 g/mol. The number of hydrogen-bond acceptors (Lipinski definition) is 6. The molecule has 0 saturated carbocycles. The Bertz CT molecular complexity index is 1030. The molecule has 170 valence electrons. The molecule has 3 rings (SSSR count). The van der Waals surface area contributed by atoms with Crippen molar-refractivity contribution in [3.8, 4) is 5.75 Å². The minimum Gasteiger partial charge on any atom is -0.489 e. The molecule has 1 unspecified atom stereocenters. The summed E-state index contributed by atoms with van der Waals surface area (Å²) in [4.78, 5) is 38.0. The number of hydrogen-bond donors (Lipinski definition) is 1. The maximum Gasteiger partial charge on any atom is 0.411 e. The van der Waals surface area contributed by atoms with E-state index in [1.165, 1.54) is 12.0 Å². The summed E-state index contributed by atoms with van der Waals surface area (Å²) >= 11 is 0. The Kier molecular flexibility index (Phi) is 6.72.